The number of aromatic nitrogens is 3. The molecular formula is C19H22N6O. The molecule has 0 aliphatic carbocycles. The number of piperazine rings is 1. The summed E-state index contributed by atoms with van der Waals surface area (Å²) < 4.78 is 2.10. The number of hydrogen-bond acceptors (Lipinski definition) is 5. The highest BCUT2D eigenvalue weighted by Gasteiger charge is 2.21. The average molecular weight is 350 g/mol. The zero-order chi connectivity index (χ0) is 18.1. The molecule has 0 aromatic carbocycles. The van der Waals surface area contributed by atoms with Crippen LogP contribution >= 0.6 is 0 Å². The minimum atomic E-state index is 0.0117. The third-order valence-electron chi connectivity index (χ3n) is 4.72. The molecule has 1 amide bonds. The van der Waals surface area contributed by atoms with E-state index in [-0.39, 0.29) is 5.91 Å². The lowest BCUT2D eigenvalue weighted by Gasteiger charge is -2.35. The molecule has 134 valence electrons. The normalized spacial score (nSPS) is 14.7. The highest BCUT2D eigenvalue weighted by Crippen LogP contribution is 2.23. The Labute approximate surface area is 152 Å². The summed E-state index contributed by atoms with van der Waals surface area (Å²) in [6.45, 7) is 3.51. The van der Waals surface area contributed by atoms with Crippen LogP contribution in [0.3, 0.4) is 0 Å². The first kappa shape index (κ1) is 16.4. The Kier molecular flexibility index (Phi) is 4.20. The minimum absolute atomic E-state index is 0.0117. The Morgan fingerprint density at radius 2 is 1.62 bits per heavy atom. The summed E-state index contributed by atoms with van der Waals surface area (Å²) in [6.07, 6.45) is 5.48. The van der Waals surface area contributed by atoms with Crippen LogP contribution in [0.1, 0.15) is 10.4 Å². The summed E-state index contributed by atoms with van der Waals surface area (Å²) in [4.78, 5) is 27.1. The standard InChI is InChI=1S/C19H22N6O/c1-22(2)18(26)15-4-5-16-6-7-17(25(16)14-15)23-10-12-24(13-11-23)19-20-8-3-9-21-19/h3-9,14H,10-13H2,1-2H3. The van der Waals surface area contributed by atoms with E-state index >= 15 is 0 Å². The van der Waals surface area contributed by atoms with Crippen LogP contribution < -0.4 is 9.80 Å². The van der Waals surface area contributed by atoms with E-state index < -0.39 is 0 Å². The molecule has 1 saturated heterocycles. The van der Waals surface area contributed by atoms with Crippen molar-refractivity contribution in [3.63, 3.8) is 0 Å². The molecule has 0 atom stereocenters. The van der Waals surface area contributed by atoms with E-state index in [1.807, 2.05) is 24.4 Å². The molecule has 3 aromatic rings. The Morgan fingerprint density at radius 1 is 0.962 bits per heavy atom. The molecular weight excluding hydrogens is 328 g/mol. The second-order valence-electron chi connectivity index (χ2n) is 6.63. The van der Waals surface area contributed by atoms with Crippen molar-refractivity contribution < 1.29 is 4.79 Å². The molecule has 0 N–H and O–H groups in total. The van der Waals surface area contributed by atoms with Crippen molar-refractivity contribution in [2.45, 2.75) is 0 Å². The molecule has 7 heteroatoms. The number of hydrogen-bond donors (Lipinski definition) is 0. The van der Waals surface area contributed by atoms with Gasteiger partial charge in [-0.3, -0.25) is 4.79 Å². The van der Waals surface area contributed by atoms with Crippen LogP contribution in [0.25, 0.3) is 5.52 Å². The largest absolute Gasteiger partial charge is 0.354 e. The van der Waals surface area contributed by atoms with E-state index in [0.29, 0.717) is 5.56 Å². The van der Waals surface area contributed by atoms with Gasteiger partial charge < -0.3 is 19.1 Å². The van der Waals surface area contributed by atoms with Crippen molar-refractivity contribution in [3.05, 3.63) is 54.5 Å². The van der Waals surface area contributed by atoms with Crippen molar-refractivity contribution >= 4 is 23.2 Å². The highest BCUT2D eigenvalue weighted by molar-refractivity contribution is 5.94. The maximum Gasteiger partial charge on any atom is 0.254 e. The maximum absolute atomic E-state index is 12.3. The molecule has 0 bridgehead atoms. The molecule has 0 radical (unpaired) electrons. The topological polar surface area (TPSA) is 57.0 Å². The number of rotatable bonds is 3. The van der Waals surface area contributed by atoms with Crippen LogP contribution in [-0.4, -0.2) is 65.5 Å². The zero-order valence-corrected chi connectivity index (χ0v) is 15.0. The predicted octanol–water partition coefficient (Wildman–Crippen LogP) is 1.76. The van der Waals surface area contributed by atoms with E-state index in [0.717, 1.165) is 43.5 Å². The van der Waals surface area contributed by atoms with Gasteiger partial charge in [0.1, 0.15) is 5.82 Å². The predicted molar refractivity (Wildman–Crippen MR) is 102 cm³/mol. The SMILES string of the molecule is CN(C)C(=O)c1ccc2ccc(N3CCN(c4ncccn4)CC3)n2c1. The Morgan fingerprint density at radius 3 is 2.31 bits per heavy atom. The van der Waals surface area contributed by atoms with Crippen LogP contribution in [0.5, 0.6) is 0 Å². The highest BCUT2D eigenvalue weighted by atomic mass is 16.2. The van der Waals surface area contributed by atoms with Gasteiger partial charge in [-0.1, -0.05) is 0 Å². The monoisotopic (exact) mass is 350 g/mol. The van der Waals surface area contributed by atoms with Gasteiger partial charge in [-0.15, -0.1) is 0 Å². The number of amides is 1. The minimum Gasteiger partial charge on any atom is -0.354 e. The van der Waals surface area contributed by atoms with Gasteiger partial charge in [0.15, 0.2) is 0 Å². The molecule has 1 fully saturated rings. The van der Waals surface area contributed by atoms with Crippen molar-refractivity contribution in [2.24, 2.45) is 0 Å². The van der Waals surface area contributed by atoms with Gasteiger partial charge in [-0.05, 0) is 30.3 Å². The first-order valence-corrected chi connectivity index (χ1v) is 8.73. The second-order valence-corrected chi connectivity index (χ2v) is 6.63. The number of anilines is 2. The molecule has 1 aliphatic rings. The van der Waals surface area contributed by atoms with Crippen molar-refractivity contribution in [1.29, 1.82) is 0 Å². The number of fused-ring (bicyclic) bond motifs is 1. The Balaban J connectivity index is 1.56. The summed E-state index contributed by atoms with van der Waals surface area (Å²) in [5, 5.41) is 0. The van der Waals surface area contributed by atoms with Crippen molar-refractivity contribution in [1.82, 2.24) is 19.3 Å². The Bertz CT molecular complexity index is 912. The summed E-state index contributed by atoms with van der Waals surface area (Å²) in [6, 6.07) is 9.92. The lowest BCUT2D eigenvalue weighted by Crippen LogP contribution is -2.47. The smallest absolute Gasteiger partial charge is 0.254 e. The third-order valence-corrected chi connectivity index (χ3v) is 4.72. The molecule has 7 nitrogen and oxygen atoms in total. The van der Waals surface area contributed by atoms with Gasteiger partial charge in [0.2, 0.25) is 5.95 Å². The number of carbonyl (C=O) groups is 1. The Hall–Kier alpha value is -3.09. The van der Waals surface area contributed by atoms with Gasteiger partial charge in [-0.2, -0.15) is 0 Å². The molecule has 1 aliphatic heterocycles. The summed E-state index contributed by atoms with van der Waals surface area (Å²) in [5.41, 5.74) is 1.78. The summed E-state index contributed by atoms with van der Waals surface area (Å²) in [7, 11) is 3.54. The average Bonchev–Trinajstić information content (AvgIpc) is 3.11. The van der Waals surface area contributed by atoms with E-state index in [1.165, 1.54) is 0 Å². The van der Waals surface area contributed by atoms with Crippen molar-refractivity contribution in [3.8, 4) is 0 Å². The third kappa shape index (κ3) is 2.96. The molecule has 0 unspecified atom stereocenters. The fraction of sp³-hybridized carbons (Fsp3) is 0.316. The molecule has 26 heavy (non-hydrogen) atoms. The molecule has 4 heterocycles. The van der Waals surface area contributed by atoms with Gasteiger partial charge >= 0.3 is 0 Å². The van der Waals surface area contributed by atoms with Gasteiger partial charge in [0.05, 0.1) is 5.56 Å². The van der Waals surface area contributed by atoms with Gasteiger partial charge in [0, 0.05) is 64.4 Å². The molecule has 3 aromatic heterocycles. The van der Waals surface area contributed by atoms with Gasteiger partial charge in [0.25, 0.3) is 5.91 Å². The zero-order valence-electron chi connectivity index (χ0n) is 15.0. The summed E-state index contributed by atoms with van der Waals surface area (Å²) in [5.74, 6) is 1.91. The van der Waals surface area contributed by atoms with Crippen LogP contribution in [0.2, 0.25) is 0 Å². The first-order valence-electron chi connectivity index (χ1n) is 8.73. The number of carbonyl (C=O) groups excluding carboxylic acids is 1. The quantitative estimate of drug-likeness (QED) is 0.720. The lowest BCUT2D eigenvalue weighted by atomic mass is 10.2. The second kappa shape index (κ2) is 6.67. The van der Waals surface area contributed by atoms with Gasteiger partial charge in [-0.25, -0.2) is 9.97 Å². The van der Waals surface area contributed by atoms with E-state index in [1.54, 1.807) is 31.4 Å². The van der Waals surface area contributed by atoms with Crippen LogP contribution in [-0.2, 0) is 0 Å². The van der Waals surface area contributed by atoms with Crippen LogP contribution in [0.15, 0.2) is 48.9 Å². The number of pyridine rings is 1. The van der Waals surface area contributed by atoms with E-state index in [9.17, 15) is 4.79 Å². The maximum atomic E-state index is 12.3. The van der Waals surface area contributed by atoms with Crippen molar-refractivity contribution in [2.75, 3.05) is 50.1 Å². The molecule has 4 rings (SSSR count). The summed E-state index contributed by atoms with van der Waals surface area (Å²) >= 11 is 0. The fourth-order valence-corrected chi connectivity index (χ4v) is 3.32. The molecule has 0 saturated carbocycles. The van der Waals surface area contributed by atoms with Crippen LogP contribution in [0, 0.1) is 0 Å². The van der Waals surface area contributed by atoms with E-state index in [2.05, 4.69) is 36.3 Å². The molecule has 0 spiro atoms. The van der Waals surface area contributed by atoms with E-state index in [4.69, 9.17) is 0 Å². The number of nitrogens with zero attached hydrogens (tertiary/aromatic N) is 6. The first-order chi connectivity index (χ1) is 12.6. The van der Waals surface area contributed by atoms with Crippen LogP contribution in [0.4, 0.5) is 11.8 Å². The fourth-order valence-electron chi connectivity index (χ4n) is 3.32. The lowest BCUT2D eigenvalue weighted by molar-refractivity contribution is 0.0827.